The predicted molar refractivity (Wildman–Crippen MR) is 47.2 cm³/mol. The van der Waals surface area contributed by atoms with Crippen molar-refractivity contribution in [3.8, 4) is 0 Å². The number of nitrogens with zero attached hydrogens (tertiary/aromatic N) is 1. The molecule has 72 valence electrons. The molecule has 0 radical (unpaired) electrons. The van der Waals surface area contributed by atoms with Gasteiger partial charge in [-0.05, 0) is 0 Å². The van der Waals surface area contributed by atoms with Gasteiger partial charge in [-0.15, -0.1) is 0 Å². The molecule has 0 amide bonds. The molecule has 4 heteroatoms. The molecule has 0 aliphatic carbocycles. The van der Waals surface area contributed by atoms with Crippen molar-refractivity contribution in [2.75, 3.05) is 13.2 Å². The summed E-state index contributed by atoms with van der Waals surface area (Å²) in [5.74, 6) is -1.37. The van der Waals surface area contributed by atoms with Crippen LogP contribution in [-0.4, -0.2) is 29.6 Å². The molecular formula is C10H9NO3. The molecule has 0 saturated heterocycles. The molecule has 0 atom stereocenters. The van der Waals surface area contributed by atoms with E-state index in [1.165, 1.54) is 0 Å². The van der Waals surface area contributed by atoms with Crippen LogP contribution in [0.3, 0.4) is 0 Å². The van der Waals surface area contributed by atoms with Gasteiger partial charge in [-0.1, -0.05) is 18.2 Å². The maximum Gasteiger partial charge on any atom is 0.392 e. The van der Waals surface area contributed by atoms with E-state index in [1.54, 1.807) is 4.58 Å². The van der Waals surface area contributed by atoms with Crippen LogP contribution >= 0.6 is 0 Å². The molecule has 1 aromatic rings. The Labute approximate surface area is 81.1 Å². The van der Waals surface area contributed by atoms with Crippen LogP contribution in [0.2, 0.25) is 0 Å². The molecule has 0 N–H and O–H groups in total. The van der Waals surface area contributed by atoms with Crippen LogP contribution in [-0.2, 0) is 9.53 Å². The normalized spacial score (nSPS) is 15.4. The van der Waals surface area contributed by atoms with Gasteiger partial charge in [0.1, 0.15) is 0 Å². The zero-order valence-corrected chi connectivity index (χ0v) is 7.47. The number of hydrogen-bond donors (Lipinski definition) is 0. The van der Waals surface area contributed by atoms with Crippen LogP contribution in [0.1, 0.15) is 0 Å². The Kier molecular flexibility index (Phi) is 2.18. The van der Waals surface area contributed by atoms with Gasteiger partial charge < -0.3 is 14.6 Å². The van der Waals surface area contributed by atoms with Crippen LogP contribution in [0, 0.1) is 0 Å². The summed E-state index contributed by atoms with van der Waals surface area (Å²) in [7, 11) is 0. The fourth-order valence-corrected chi connectivity index (χ4v) is 1.44. The molecule has 0 aromatic heterocycles. The lowest BCUT2D eigenvalue weighted by molar-refractivity contribution is -0.432. The van der Waals surface area contributed by atoms with Crippen LogP contribution in [0.4, 0.5) is 5.69 Å². The Morgan fingerprint density at radius 1 is 1.36 bits per heavy atom. The van der Waals surface area contributed by atoms with Crippen LogP contribution < -0.4 is 5.11 Å². The molecule has 0 saturated carbocycles. The predicted octanol–water partition coefficient (Wildman–Crippen LogP) is -0.491. The maximum absolute atomic E-state index is 10.7. The summed E-state index contributed by atoms with van der Waals surface area (Å²) in [6.07, 6.45) is 0. The Bertz CT molecular complexity index is 384. The van der Waals surface area contributed by atoms with Crippen molar-refractivity contribution in [1.82, 2.24) is 0 Å². The number of carbonyl (C=O) groups excluding carboxylic acids is 1. The van der Waals surface area contributed by atoms with Gasteiger partial charge in [0.25, 0.3) is 0 Å². The molecule has 14 heavy (non-hydrogen) atoms. The van der Waals surface area contributed by atoms with Crippen molar-refractivity contribution < 1.29 is 19.2 Å². The number of carboxylic acids is 1. The molecule has 1 aromatic carbocycles. The standard InChI is InChI=1S/C10H9NO3/c12-10(13)9-11(6-7-14-9)8-4-2-1-3-5-8/h1-5H,6-7H2. The molecule has 1 aliphatic rings. The maximum atomic E-state index is 10.7. The molecule has 0 spiro atoms. The van der Waals surface area contributed by atoms with E-state index in [0.717, 1.165) is 5.69 Å². The highest BCUT2D eigenvalue weighted by Crippen LogP contribution is 2.13. The molecular weight excluding hydrogens is 182 g/mol. The highest BCUT2D eigenvalue weighted by atomic mass is 16.5. The Morgan fingerprint density at radius 3 is 2.71 bits per heavy atom. The second-order valence-electron chi connectivity index (χ2n) is 2.93. The zero-order chi connectivity index (χ0) is 9.97. The first kappa shape index (κ1) is 8.74. The number of hydrogen-bond acceptors (Lipinski definition) is 3. The third kappa shape index (κ3) is 1.46. The average Bonchev–Trinajstić information content (AvgIpc) is 2.67. The number of para-hydroxylation sites is 1. The topological polar surface area (TPSA) is 52.4 Å². The Hall–Kier alpha value is -1.84. The summed E-state index contributed by atoms with van der Waals surface area (Å²) in [4.78, 5) is 10.7. The molecule has 4 nitrogen and oxygen atoms in total. The minimum atomic E-state index is -1.27. The summed E-state index contributed by atoms with van der Waals surface area (Å²) in [5, 5.41) is 10.7. The summed E-state index contributed by atoms with van der Waals surface area (Å²) in [6.45, 7) is 0.936. The molecule has 0 unspecified atom stereocenters. The van der Waals surface area contributed by atoms with Crippen molar-refractivity contribution >= 4 is 17.6 Å². The van der Waals surface area contributed by atoms with Gasteiger partial charge in [-0.3, -0.25) is 0 Å². The fraction of sp³-hybridized carbons (Fsp3) is 0.200. The largest absolute Gasteiger partial charge is 0.537 e. The molecule has 0 fully saturated rings. The third-order valence-corrected chi connectivity index (χ3v) is 2.04. The highest BCUT2D eigenvalue weighted by molar-refractivity contribution is 6.28. The smallest absolute Gasteiger partial charge is 0.392 e. The Morgan fingerprint density at radius 2 is 2.07 bits per heavy atom. The number of carboxylic acid groups (broad SMARTS) is 1. The monoisotopic (exact) mass is 191 g/mol. The van der Waals surface area contributed by atoms with Gasteiger partial charge in [0, 0.05) is 12.1 Å². The zero-order valence-electron chi connectivity index (χ0n) is 7.47. The third-order valence-electron chi connectivity index (χ3n) is 2.04. The molecule has 1 heterocycles. The lowest BCUT2D eigenvalue weighted by Crippen LogP contribution is -2.35. The van der Waals surface area contributed by atoms with Crippen LogP contribution in [0.5, 0.6) is 0 Å². The number of rotatable bonds is 2. The van der Waals surface area contributed by atoms with Gasteiger partial charge in [0.2, 0.25) is 5.69 Å². The minimum Gasteiger partial charge on any atom is -0.537 e. The SMILES string of the molecule is O=C([O-])C1=[N+](c2ccccc2)CCO1. The van der Waals surface area contributed by atoms with Crippen molar-refractivity contribution in [3.63, 3.8) is 0 Å². The van der Waals surface area contributed by atoms with Crippen molar-refractivity contribution in [2.24, 2.45) is 0 Å². The first-order valence-corrected chi connectivity index (χ1v) is 4.33. The second kappa shape index (κ2) is 3.49. The first-order valence-electron chi connectivity index (χ1n) is 4.33. The van der Waals surface area contributed by atoms with Gasteiger partial charge in [-0.2, -0.15) is 4.58 Å². The van der Waals surface area contributed by atoms with E-state index < -0.39 is 5.97 Å². The lowest BCUT2D eigenvalue weighted by Gasteiger charge is -1.99. The van der Waals surface area contributed by atoms with E-state index in [2.05, 4.69) is 0 Å². The van der Waals surface area contributed by atoms with E-state index in [0.29, 0.717) is 13.2 Å². The number of benzene rings is 1. The van der Waals surface area contributed by atoms with E-state index >= 15 is 0 Å². The Balaban J connectivity index is 2.43. The van der Waals surface area contributed by atoms with E-state index in [-0.39, 0.29) is 5.90 Å². The van der Waals surface area contributed by atoms with Gasteiger partial charge >= 0.3 is 5.90 Å². The number of aliphatic carboxylic acids is 1. The van der Waals surface area contributed by atoms with Crippen molar-refractivity contribution in [1.29, 1.82) is 0 Å². The summed E-state index contributed by atoms with van der Waals surface area (Å²) >= 11 is 0. The van der Waals surface area contributed by atoms with Gasteiger partial charge in [0.15, 0.2) is 19.1 Å². The number of ether oxygens (including phenoxy) is 1. The van der Waals surface area contributed by atoms with Crippen LogP contribution in [0.15, 0.2) is 30.3 Å². The van der Waals surface area contributed by atoms with E-state index in [9.17, 15) is 9.90 Å². The lowest BCUT2D eigenvalue weighted by atomic mass is 10.3. The summed E-state index contributed by atoms with van der Waals surface area (Å²) in [5.41, 5.74) is 0.809. The number of carbonyl (C=O) groups is 1. The first-order chi connectivity index (χ1) is 6.79. The molecule has 0 bridgehead atoms. The van der Waals surface area contributed by atoms with Crippen molar-refractivity contribution in [2.45, 2.75) is 0 Å². The highest BCUT2D eigenvalue weighted by Gasteiger charge is 2.26. The van der Waals surface area contributed by atoms with Crippen LogP contribution in [0.25, 0.3) is 0 Å². The fourth-order valence-electron chi connectivity index (χ4n) is 1.44. The van der Waals surface area contributed by atoms with E-state index in [1.807, 2.05) is 30.3 Å². The van der Waals surface area contributed by atoms with Crippen molar-refractivity contribution in [3.05, 3.63) is 30.3 Å². The molecule has 1 aliphatic heterocycles. The second-order valence-corrected chi connectivity index (χ2v) is 2.93. The van der Waals surface area contributed by atoms with Gasteiger partial charge in [0.05, 0.1) is 0 Å². The average molecular weight is 191 g/mol. The van der Waals surface area contributed by atoms with E-state index in [4.69, 9.17) is 4.74 Å². The summed E-state index contributed by atoms with van der Waals surface area (Å²) in [6, 6.07) is 9.23. The minimum absolute atomic E-state index is 0.101. The summed E-state index contributed by atoms with van der Waals surface area (Å²) < 4.78 is 6.55. The molecule has 2 rings (SSSR count). The van der Waals surface area contributed by atoms with Gasteiger partial charge in [-0.25, -0.2) is 0 Å². The quantitative estimate of drug-likeness (QED) is 0.593.